The second-order valence-corrected chi connectivity index (χ2v) is 5.48. The van der Waals surface area contributed by atoms with Crippen molar-refractivity contribution in [2.45, 2.75) is 39.0 Å². The van der Waals surface area contributed by atoms with E-state index in [1.54, 1.807) is 24.3 Å². The van der Waals surface area contributed by atoms with Crippen LogP contribution < -0.4 is 10.6 Å². The second-order valence-electron chi connectivity index (χ2n) is 4.63. The first-order chi connectivity index (χ1) is 9.63. The lowest BCUT2D eigenvalue weighted by molar-refractivity contribution is 0.0976. The van der Waals surface area contributed by atoms with Gasteiger partial charge in [0.05, 0.1) is 0 Å². The van der Waals surface area contributed by atoms with Gasteiger partial charge in [-0.25, -0.2) is 0 Å². The zero-order valence-electron chi connectivity index (χ0n) is 11.7. The molecule has 0 aliphatic heterocycles. The minimum atomic E-state index is -0.217. The molecule has 3 nitrogen and oxygen atoms in total. The largest absolute Gasteiger partial charge is 0.362 e. The van der Waals surface area contributed by atoms with E-state index in [9.17, 15) is 4.79 Å². The van der Waals surface area contributed by atoms with Crippen LogP contribution in [-0.4, -0.2) is 17.6 Å². The second kappa shape index (κ2) is 9.72. The van der Waals surface area contributed by atoms with Crippen molar-refractivity contribution in [3.63, 3.8) is 0 Å². The molecule has 0 unspecified atom stereocenters. The van der Waals surface area contributed by atoms with E-state index in [-0.39, 0.29) is 5.91 Å². The third-order valence-electron chi connectivity index (χ3n) is 2.90. The van der Waals surface area contributed by atoms with E-state index in [1.807, 2.05) is 0 Å². The first-order valence-corrected chi connectivity index (χ1v) is 7.77. The Morgan fingerprint density at radius 1 is 1.15 bits per heavy atom. The van der Waals surface area contributed by atoms with Crippen LogP contribution in [0.25, 0.3) is 0 Å². The van der Waals surface area contributed by atoms with Crippen molar-refractivity contribution in [1.82, 2.24) is 10.6 Å². The van der Waals surface area contributed by atoms with Gasteiger partial charge < -0.3 is 5.32 Å². The Balaban J connectivity index is 2.21. The Bertz CT molecular complexity index is 434. The lowest BCUT2D eigenvalue weighted by Gasteiger charge is -2.09. The minimum Gasteiger partial charge on any atom is -0.362 e. The van der Waals surface area contributed by atoms with E-state index < -0.39 is 0 Å². The highest BCUT2D eigenvalue weighted by molar-refractivity contribution is 7.80. The highest BCUT2D eigenvalue weighted by Crippen LogP contribution is 2.09. The molecule has 2 N–H and O–H groups in total. The Morgan fingerprint density at radius 3 is 2.45 bits per heavy atom. The van der Waals surface area contributed by atoms with Crippen molar-refractivity contribution in [3.8, 4) is 0 Å². The number of carbonyl (C=O) groups is 1. The Labute approximate surface area is 131 Å². The number of hydrogen-bond donors (Lipinski definition) is 2. The van der Waals surface area contributed by atoms with Gasteiger partial charge in [0.25, 0.3) is 5.91 Å². The van der Waals surface area contributed by atoms with Gasteiger partial charge in [-0.3, -0.25) is 10.1 Å². The molecule has 0 fully saturated rings. The van der Waals surface area contributed by atoms with Gasteiger partial charge in [-0.15, -0.1) is 0 Å². The number of hydrogen-bond acceptors (Lipinski definition) is 2. The molecule has 1 rings (SSSR count). The fraction of sp³-hybridized carbons (Fsp3) is 0.467. The van der Waals surface area contributed by atoms with Gasteiger partial charge in [0.2, 0.25) is 0 Å². The molecule has 0 spiro atoms. The first kappa shape index (κ1) is 16.9. The monoisotopic (exact) mass is 312 g/mol. The van der Waals surface area contributed by atoms with Crippen molar-refractivity contribution in [1.29, 1.82) is 0 Å². The van der Waals surface area contributed by atoms with Crippen molar-refractivity contribution in [3.05, 3.63) is 34.9 Å². The van der Waals surface area contributed by atoms with E-state index in [0.717, 1.165) is 13.0 Å². The van der Waals surface area contributed by atoms with Crippen LogP contribution in [0.3, 0.4) is 0 Å². The SMILES string of the molecule is CCCCCCCNC(=S)NC(=O)c1ccc(Cl)cc1. The molecular formula is C15H21ClN2OS. The molecule has 0 heterocycles. The van der Waals surface area contributed by atoms with E-state index in [4.69, 9.17) is 23.8 Å². The maximum absolute atomic E-state index is 11.9. The van der Waals surface area contributed by atoms with Crippen LogP contribution in [0.2, 0.25) is 5.02 Å². The third kappa shape index (κ3) is 6.87. The molecule has 0 radical (unpaired) electrons. The normalized spacial score (nSPS) is 10.1. The smallest absolute Gasteiger partial charge is 0.257 e. The number of thiocarbonyl (C=S) groups is 1. The molecule has 0 aromatic heterocycles. The predicted octanol–water partition coefficient (Wildman–Crippen LogP) is 3.91. The summed E-state index contributed by atoms with van der Waals surface area (Å²) in [7, 11) is 0. The molecule has 1 aromatic rings. The van der Waals surface area contributed by atoms with Gasteiger partial charge in [-0.1, -0.05) is 44.2 Å². The summed E-state index contributed by atoms with van der Waals surface area (Å²) >= 11 is 10.9. The molecule has 0 saturated carbocycles. The summed E-state index contributed by atoms with van der Waals surface area (Å²) in [6.45, 7) is 2.99. The van der Waals surface area contributed by atoms with Crippen LogP contribution in [0.5, 0.6) is 0 Å². The number of nitrogens with one attached hydrogen (secondary N) is 2. The molecule has 0 saturated heterocycles. The fourth-order valence-corrected chi connectivity index (χ4v) is 2.07. The number of amides is 1. The van der Waals surface area contributed by atoms with Gasteiger partial charge in [-0.05, 0) is 42.9 Å². The summed E-state index contributed by atoms with van der Waals surface area (Å²) in [5, 5.41) is 6.68. The highest BCUT2D eigenvalue weighted by Gasteiger charge is 2.06. The quantitative estimate of drug-likeness (QED) is 0.592. The molecule has 1 amide bonds. The summed E-state index contributed by atoms with van der Waals surface area (Å²) in [6, 6.07) is 6.71. The van der Waals surface area contributed by atoms with Crippen molar-refractivity contribution >= 4 is 34.8 Å². The first-order valence-electron chi connectivity index (χ1n) is 6.98. The van der Waals surface area contributed by atoms with E-state index in [2.05, 4.69) is 17.6 Å². The fourth-order valence-electron chi connectivity index (χ4n) is 1.75. The number of halogens is 1. The molecule has 110 valence electrons. The topological polar surface area (TPSA) is 41.1 Å². The average Bonchev–Trinajstić information content (AvgIpc) is 2.43. The molecule has 0 aliphatic rings. The average molecular weight is 313 g/mol. The van der Waals surface area contributed by atoms with Gasteiger partial charge >= 0.3 is 0 Å². The zero-order valence-corrected chi connectivity index (χ0v) is 13.3. The molecule has 5 heteroatoms. The summed E-state index contributed by atoms with van der Waals surface area (Å²) in [5.74, 6) is -0.217. The van der Waals surface area contributed by atoms with Crippen LogP contribution >= 0.6 is 23.8 Å². The molecule has 0 bridgehead atoms. The van der Waals surface area contributed by atoms with E-state index in [1.165, 1.54) is 25.7 Å². The maximum atomic E-state index is 11.9. The summed E-state index contributed by atoms with van der Waals surface area (Å²) < 4.78 is 0. The van der Waals surface area contributed by atoms with Crippen LogP contribution in [0.15, 0.2) is 24.3 Å². The van der Waals surface area contributed by atoms with Crippen LogP contribution in [0.1, 0.15) is 49.4 Å². The third-order valence-corrected chi connectivity index (χ3v) is 3.40. The highest BCUT2D eigenvalue weighted by atomic mass is 35.5. The van der Waals surface area contributed by atoms with E-state index in [0.29, 0.717) is 15.7 Å². The zero-order chi connectivity index (χ0) is 14.8. The van der Waals surface area contributed by atoms with Crippen molar-refractivity contribution in [2.24, 2.45) is 0 Å². The van der Waals surface area contributed by atoms with Gasteiger partial charge in [0.1, 0.15) is 0 Å². The number of benzene rings is 1. The predicted molar refractivity (Wildman–Crippen MR) is 88.3 cm³/mol. The summed E-state index contributed by atoms with van der Waals surface area (Å²) in [6.07, 6.45) is 6.02. The van der Waals surface area contributed by atoms with Gasteiger partial charge in [0, 0.05) is 17.1 Å². The van der Waals surface area contributed by atoms with E-state index >= 15 is 0 Å². The van der Waals surface area contributed by atoms with Crippen LogP contribution in [-0.2, 0) is 0 Å². The molecule has 20 heavy (non-hydrogen) atoms. The molecule has 0 aliphatic carbocycles. The molecular weight excluding hydrogens is 292 g/mol. The maximum Gasteiger partial charge on any atom is 0.257 e. The summed E-state index contributed by atoms with van der Waals surface area (Å²) in [5.41, 5.74) is 0.543. The molecule has 1 aromatic carbocycles. The number of rotatable bonds is 7. The van der Waals surface area contributed by atoms with Crippen LogP contribution in [0.4, 0.5) is 0 Å². The van der Waals surface area contributed by atoms with Crippen LogP contribution in [0, 0.1) is 0 Å². The number of carbonyl (C=O) groups excluding carboxylic acids is 1. The van der Waals surface area contributed by atoms with Gasteiger partial charge in [0.15, 0.2) is 5.11 Å². The standard InChI is InChI=1S/C15H21ClN2OS/c1-2-3-4-5-6-11-17-15(20)18-14(19)12-7-9-13(16)10-8-12/h7-10H,2-6,11H2,1H3,(H2,17,18,19,20). The van der Waals surface area contributed by atoms with Crippen molar-refractivity contribution < 1.29 is 4.79 Å². The Morgan fingerprint density at radius 2 is 1.80 bits per heavy atom. The lowest BCUT2D eigenvalue weighted by atomic mass is 10.1. The Kier molecular flexibility index (Phi) is 8.23. The lowest BCUT2D eigenvalue weighted by Crippen LogP contribution is -2.39. The minimum absolute atomic E-state index is 0.217. The number of unbranched alkanes of at least 4 members (excludes halogenated alkanes) is 4. The molecule has 0 atom stereocenters. The summed E-state index contributed by atoms with van der Waals surface area (Å²) in [4.78, 5) is 11.9. The van der Waals surface area contributed by atoms with Crippen molar-refractivity contribution in [2.75, 3.05) is 6.54 Å². The van der Waals surface area contributed by atoms with Gasteiger partial charge in [-0.2, -0.15) is 0 Å². The Hall–Kier alpha value is -1.13.